The lowest BCUT2D eigenvalue weighted by molar-refractivity contribution is -0.138. The second-order valence-electron chi connectivity index (χ2n) is 4.33. The highest BCUT2D eigenvalue weighted by molar-refractivity contribution is 5.96. The van der Waals surface area contributed by atoms with E-state index in [-0.39, 0.29) is 0 Å². The molecule has 1 aromatic rings. The third-order valence-corrected chi connectivity index (χ3v) is 3.13. The molecule has 100 valence electrons. The Kier molecular flexibility index (Phi) is 3.47. The first-order chi connectivity index (χ1) is 8.95. The summed E-state index contributed by atoms with van der Waals surface area (Å²) in [4.78, 5) is 13.4. The van der Waals surface area contributed by atoms with E-state index in [0.717, 1.165) is 12.1 Å². The molecule has 19 heavy (non-hydrogen) atoms. The fourth-order valence-corrected chi connectivity index (χ4v) is 2.22. The molecule has 1 aromatic carbocycles. The SMILES string of the molecule is N#CC1CCCN1C(=O)c1ccccc1C(F)(F)F. The van der Waals surface area contributed by atoms with Crippen molar-refractivity contribution in [3.05, 3.63) is 35.4 Å². The monoisotopic (exact) mass is 268 g/mol. The lowest BCUT2D eigenvalue weighted by Gasteiger charge is -2.21. The summed E-state index contributed by atoms with van der Waals surface area (Å²) >= 11 is 0. The number of alkyl halides is 3. The van der Waals surface area contributed by atoms with Gasteiger partial charge in [-0.2, -0.15) is 18.4 Å². The average molecular weight is 268 g/mol. The number of likely N-dealkylation sites (tertiary alicyclic amines) is 1. The number of halogens is 3. The summed E-state index contributed by atoms with van der Waals surface area (Å²) in [5, 5.41) is 8.90. The van der Waals surface area contributed by atoms with Crippen LogP contribution in [0.4, 0.5) is 13.2 Å². The molecule has 1 atom stereocenters. The molecule has 0 radical (unpaired) electrons. The second kappa shape index (κ2) is 4.92. The van der Waals surface area contributed by atoms with Crippen LogP contribution in [0.2, 0.25) is 0 Å². The van der Waals surface area contributed by atoms with Crippen LogP contribution < -0.4 is 0 Å². The van der Waals surface area contributed by atoms with Gasteiger partial charge in [0.15, 0.2) is 0 Å². The molecule has 0 N–H and O–H groups in total. The molecule has 0 bridgehead atoms. The molecule has 0 aromatic heterocycles. The van der Waals surface area contributed by atoms with Gasteiger partial charge in [0.25, 0.3) is 5.91 Å². The Morgan fingerprint density at radius 1 is 1.37 bits per heavy atom. The Hall–Kier alpha value is -2.03. The third-order valence-electron chi connectivity index (χ3n) is 3.13. The molecular formula is C13H11F3N2O. The van der Waals surface area contributed by atoms with Crippen molar-refractivity contribution in [3.8, 4) is 6.07 Å². The number of nitrogens with zero attached hydrogens (tertiary/aromatic N) is 2. The summed E-state index contributed by atoms with van der Waals surface area (Å²) in [6.07, 6.45) is -3.43. The van der Waals surface area contributed by atoms with Crippen molar-refractivity contribution >= 4 is 5.91 Å². The zero-order valence-corrected chi connectivity index (χ0v) is 9.94. The zero-order chi connectivity index (χ0) is 14.0. The minimum Gasteiger partial charge on any atom is -0.323 e. The Labute approximate surface area is 108 Å². The number of benzene rings is 1. The van der Waals surface area contributed by atoms with Gasteiger partial charge in [-0.1, -0.05) is 12.1 Å². The minimum absolute atomic E-state index is 0.323. The maximum Gasteiger partial charge on any atom is 0.417 e. The van der Waals surface area contributed by atoms with Gasteiger partial charge in [-0.3, -0.25) is 4.79 Å². The number of carbonyl (C=O) groups is 1. The van der Waals surface area contributed by atoms with Gasteiger partial charge in [0.2, 0.25) is 0 Å². The molecule has 0 spiro atoms. The lowest BCUT2D eigenvalue weighted by Crippen LogP contribution is -2.35. The van der Waals surface area contributed by atoms with Gasteiger partial charge < -0.3 is 4.90 Å². The third kappa shape index (κ3) is 2.55. The Morgan fingerprint density at radius 2 is 2.05 bits per heavy atom. The minimum atomic E-state index is -4.58. The van der Waals surface area contributed by atoms with E-state index < -0.39 is 29.3 Å². The van der Waals surface area contributed by atoms with Crippen LogP contribution in [0.25, 0.3) is 0 Å². The fraction of sp³-hybridized carbons (Fsp3) is 0.385. The first kappa shape index (κ1) is 13.4. The van der Waals surface area contributed by atoms with E-state index in [4.69, 9.17) is 5.26 Å². The van der Waals surface area contributed by atoms with Gasteiger partial charge in [0.1, 0.15) is 6.04 Å². The summed E-state index contributed by atoms with van der Waals surface area (Å²) in [7, 11) is 0. The van der Waals surface area contributed by atoms with Crippen molar-refractivity contribution in [2.75, 3.05) is 6.54 Å². The first-order valence-electron chi connectivity index (χ1n) is 5.82. The molecule has 1 unspecified atom stereocenters. The predicted octanol–water partition coefficient (Wildman–Crippen LogP) is 2.83. The van der Waals surface area contributed by atoms with E-state index in [2.05, 4.69) is 0 Å². The fourth-order valence-electron chi connectivity index (χ4n) is 2.22. The average Bonchev–Trinajstić information content (AvgIpc) is 2.85. The topological polar surface area (TPSA) is 44.1 Å². The standard InChI is InChI=1S/C13H11F3N2O/c14-13(15,16)11-6-2-1-5-10(11)12(19)18-7-3-4-9(18)8-17/h1-2,5-6,9H,3-4,7H2. The van der Waals surface area contributed by atoms with Crippen LogP contribution in [0, 0.1) is 11.3 Å². The first-order valence-corrected chi connectivity index (χ1v) is 5.82. The van der Waals surface area contributed by atoms with E-state index in [1.807, 2.05) is 6.07 Å². The van der Waals surface area contributed by atoms with Gasteiger partial charge in [0, 0.05) is 6.54 Å². The van der Waals surface area contributed by atoms with E-state index in [0.29, 0.717) is 19.4 Å². The number of nitriles is 1. The molecule has 1 amide bonds. The quantitative estimate of drug-likeness (QED) is 0.786. The summed E-state index contributed by atoms with van der Waals surface area (Å²) < 4.78 is 38.5. The van der Waals surface area contributed by atoms with Crippen molar-refractivity contribution in [2.24, 2.45) is 0 Å². The number of carbonyl (C=O) groups excluding carboxylic acids is 1. The van der Waals surface area contributed by atoms with Crippen molar-refractivity contribution in [3.63, 3.8) is 0 Å². The van der Waals surface area contributed by atoms with Crippen LogP contribution in [0.15, 0.2) is 24.3 Å². The van der Waals surface area contributed by atoms with Gasteiger partial charge >= 0.3 is 6.18 Å². The molecule has 3 nitrogen and oxygen atoms in total. The molecule has 1 fully saturated rings. The summed E-state index contributed by atoms with van der Waals surface area (Å²) in [5.41, 5.74) is -1.35. The second-order valence-corrected chi connectivity index (χ2v) is 4.33. The van der Waals surface area contributed by atoms with Crippen molar-refractivity contribution in [2.45, 2.75) is 25.1 Å². The number of hydrogen-bond donors (Lipinski definition) is 0. The highest BCUT2D eigenvalue weighted by Gasteiger charge is 2.38. The largest absolute Gasteiger partial charge is 0.417 e. The van der Waals surface area contributed by atoms with Crippen LogP contribution in [0.5, 0.6) is 0 Å². The molecule has 1 aliphatic heterocycles. The normalized spacial score (nSPS) is 19.3. The Morgan fingerprint density at radius 3 is 2.68 bits per heavy atom. The van der Waals surface area contributed by atoms with Crippen LogP contribution in [-0.2, 0) is 6.18 Å². The van der Waals surface area contributed by atoms with E-state index in [1.54, 1.807) is 0 Å². The summed E-state index contributed by atoms with van der Waals surface area (Å²) in [6.45, 7) is 0.323. The summed E-state index contributed by atoms with van der Waals surface area (Å²) in [6, 6.07) is 5.98. The molecule has 0 saturated carbocycles. The van der Waals surface area contributed by atoms with Gasteiger partial charge in [-0.25, -0.2) is 0 Å². The van der Waals surface area contributed by atoms with Crippen molar-refractivity contribution in [1.29, 1.82) is 5.26 Å². The highest BCUT2D eigenvalue weighted by atomic mass is 19.4. The van der Waals surface area contributed by atoms with Gasteiger partial charge in [-0.15, -0.1) is 0 Å². The Bertz CT molecular complexity index is 533. The van der Waals surface area contributed by atoms with Crippen molar-refractivity contribution in [1.82, 2.24) is 4.90 Å². The smallest absolute Gasteiger partial charge is 0.323 e. The molecule has 6 heteroatoms. The van der Waals surface area contributed by atoms with Crippen LogP contribution in [0.1, 0.15) is 28.8 Å². The molecule has 1 aliphatic rings. The van der Waals surface area contributed by atoms with Gasteiger partial charge in [0.05, 0.1) is 17.2 Å². The number of amides is 1. The molecule has 1 saturated heterocycles. The van der Waals surface area contributed by atoms with E-state index in [1.165, 1.54) is 17.0 Å². The van der Waals surface area contributed by atoms with Gasteiger partial charge in [-0.05, 0) is 25.0 Å². The van der Waals surface area contributed by atoms with Crippen LogP contribution in [-0.4, -0.2) is 23.4 Å². The Balaban J connectivity index is 2.38. The maximum atomic E-state index is 12.8. The molecular weight excluding hydrogens is 257 g/mol. The number of rotatable bonds is 1. The number of hydrogen-bond acceptors (Lipinski definition) is 2. The van der Waals surface area contributed by atoms with Crippen molar-refractivity contribution < 1.29 is 18.0 Å². The highest BCUT2D eigenvalue weighted by Crippen LogP contribution is 2.33. The molecule has 2 rings (SSSR count). The van der Waals surface area contributed by atoms with E-state index >= 15 is 0 Å². The lowest BCUT2D eigenvalue weighted by atomic mass is 10.1. The maximum absolute atomic E-state index is 12.8. The predicted molar refractivity (Wildman–Crippen MR) is 61.1 cm³/mol. The van der Waals surface area contributed by atoms with Crippen LogP contribution >= 0.6 is 0 Å². The van der Waals surface area contributed by atoms with E-state index in [9.17, 15) is 18.0 Å². The zero-order valence-electron chi connectivity index (χ0n) is 9.94. The summed E-state index contributed by atoms with van der Waals surface area (Å²) in [5.74, 6) is -0.725. The molecule has 1 heterocycles. The molecule has 0 aliphatic carbocycles. The van der Waals surface area contributed by atoms with Crippen LogP contribution in [0.3, 0.4) is 0 Å².